The molecule has 0 aliphatic heterocycles. The van der Waals surface area contributed by atoms with Gasteiger partial charge in [0.15, 0.2) is 0 Å². The van der Waals surface area contributed by atoms with Crippen molar-refractivity contribution in [3.8, 4) is 11.5 Å². The molecule has 4 aromatic rings. The van der Waals surface area contributed by atoms with Crippen LogP contribution in [0.15, 0.2) is 67.2 Å². The highest BCUT2D eigenvalue weighted by molar-refractivity contribution is 5.85. The minimum Gasteiger partial charge on any atom is -0.506 e. The van der Waals surface area contributed by atoms with E-state index in [2.05, 4.69) is 16.5 Å². The van der Waals surface area contributed by atoms with Crippen LogP contribution in [0.4, 0.5) is 0 Å². The van der Waals surface area contributed by atoms with Gasteiger partial charge in [0, 0.05) is 17.3 Å². The smallest absolute Gasteiger partial charge is 0.141 e. The number of rotatable bonds is 2. The van der Waals surface area contributed by atoms with Crippen LogP contribution in [0.1, 0.15) is 11.4 Å². The first kappa shape index (κ1) is 19.8. The van der Waals surface area contributed by atoms with Crippen LogP contribution in [-0.2, 0) is 6.54 Å². The predicted octanol–water partition coefficient (Wildman–Crippen LogP) is 3.16. The molecule has 0 radical (unpaired) electrons. The van der Waals surface area contributed by atoms with Gasteiger partial charge in [-0.15, -0.1) is 0 Å². The second-order valence-corrected chi connectivity index (χ2v) is 5.64. The molecule has 27 heavy (non-hydrogen) atoms. The van der Waals surface area contributed by atoms with Crippen molar-refractivity contribution in [2.24, 2.45) is 5.73 Å². The molecule has 6 nitrogen and oxygen atoms in total. The zero-order valence-corrected chi connectivity index (χ0v) is 14.6. The number of nitrogens with zero attached hydrogens (tertiary/aromatic N) is 2. The summed E-state index contributed by atoms with van der Waals surface area (Å²) in [4.78, 5) is 8.44. The number of fused-ring (bicyclic) bond motifs is 2. The Labute approximate surface area is 156 Å². The lowest BCUT2D eigenvalue weighted by Crippen LogP contribution is -1.98. The van der Waals surface area contributed by atoms with E-state index in [4.69, 9.17) is 5.73 Å². The lowest BCUT2D eigenvalue weighted by atomic mass is 10.2. The van der Waals surface area contributed by atoms with E-state index in [9.17, 15) is 10.2 Å². The fraction of sp³-hybridized carbons (Fsp3) is 0.0476. The third-order valence-corrected chi connectivity index (χ3v) is 3.90. The van der Waals surface area contributed by atoms with E-state index in [1.165, 1.54) is 0 Å². The normalized spacial score (nSPS) is 9.96. The minimum absolute atomic E-state index is 0. The zero-order chi connectivity index (χ0) is 18.5. The van der Waals surface area contributed by atoms with Crippen molar-refractivity contribution in [1.29, 1.82) is 0 Å². The van der Waals surface area contributed by atoms with Crippen LogP contribution in [0, 0.1) is 0 Å². The Balaban J connectivity index is 0.000000187. The van der Waals surface area contributed by atoms with E-state index in [-0.39, 0.29) is 17.0 Å². The number of phenols is 2. The van der Waals surface area contributed by atoms with Gasteiger partial charge in [-0.2, -0.15) is 0 Å². The Kier molecular flexibility index (Phi) is 6.43. The van der Waals surface area contributed by atoms with Crippen molar-refractivity contribution < 1.29 is 15.7 Å². The minimum atomic E-state index is 0. The molecule has 0 saturated carbocycles. The Bertz CT molecular complexity index is 1080. The summed E-state index contributed by atoms with van der Waals surface area (Å²) >= 11 is 0. The molecule has 6 N–H and O–H groups in total. The Morgan fingerprint density at radius 2 is 1.37 bits per heavy atom. The van der Waals surface area contributed by atoms with Crippen molar-refractivity contribution in [2.75, 3.05) is 0 Å². The highest BCUT2D eigenvalue weighted by Crippen LogP contribution is 2.23. The molecule has 0 bridgehead atoms. The SMILES string of the molecule is C=Cc1ccc2cccc(O)c2n1.NCc1ccc2cccc(O)c2n1.O. The fourth-order valence-corrected chi connectivity index (χ4v) is 2.55. The third kappa shape index (κ3) is 4.38. The number of pyridine rings is 2. The summed E-state index contributed by atoms with van der Waals surface area (Å²) in [5, 5.41) is 20.8. The first-order valence-electron chi connectivity index (χ1n) is 8.11. The van der Waals surface area contributed by atoms with E-state index in [1.54, 1.807) is 30.3 Å². The maximum Gasteiger partial charge on any atom is 0.141 e. The van der Waals surface area contributed by atoms with E-state index in [0.29, 0.717) is 17.6 Å². The van der Waals surface area contributed by atoms with Crippen LogP contribution < -0.4 is 5.73 Å². The van der Waals surface area contributed by atoms with Gasteiger partial charge in [0.2, 0.25) is 0 Å². The van der Waals surface area contributed by atoms with E-state index in [0.717, 1.165) is 22.2 Å². The van der Waals surface area contributed by atoms with Crippen molar-refractivity contribution in [3.63, 3.8) is 0 Å². The first-order chi connectivity index (χ1) is 12.6. The highest BCUT2D eigenvalue weighted by atomic mass is 16.3. The summed E-state index contributed by atoms with van der Waals surface area (Å²) in [6, 6.07) is 18.2. The number of aromatic nitrogens is 2. The number of hydrogen-bond acceptors (Lipinski definition) is 5. The summed E-state index contributed by atoms with van der Waals surface area (Å²) in [6.07, 6.45) is 1.66. The summed E-state index contributed by atoms with van der Waals surface area (Å²) < 4.78 is 0. The van der Waals surface area contributed by atoms with Crippen LogP contribution >= 0.6 is 0 Å². The molecule has 6 heteroatoms. The summed E-state index contributed by atoms with van der Waals surface area (Å²) in [6.45, 7) is 4.02. The molecule has 0 unspecified atom stereocenters. The van der Waals surface area contributed by atoms with Gasteiger partial charge in [0.1, 0.15) is 22.5 Å². The monoisotopic (exact) mass is 363 g/mol. The van der Waals surface area contributed by atoms with Gasteiger partial charge in [-0.25, -0.2) is 9.97 Å². The van der Waals surface area contributed by atoms with Gasteiger partial charge >= 0.3 is 0 Å². The molecular weight excluding hydrogens is 342 g/mol. The number of hydrogen-bond donors (Lipinski definition) is 3. The number of phenolic OH excluding ortho intramolecular Hbond substituents is 2. The van der Waals surface area contributed by atoms with Gasteiger partial charge in [-0.05, 0) is 30.3 Å². The molecule has 0 aliphatic rings. The number of nitrogens with two attached hydrogens (primary N) is 1. The molecule has 0 spiro atoms. The largest absolute Gasteiger partial charge is 0.506 e. The Morgan fingerprint density at radius 3 is 1.93 bits per heavy atom. The van der Waals surface area contributed by atoms with Crippen molar-refractivity contribution in [2.45, 2.75) is 6.54 Å². The summed E-state index contributed by atoms with van der Waals surface area (Å²) in [7, 11) is 0. The van der Waals surface area contributed by atoms with E-state index >= 15 is 0 Å². The standard InChI is InChI=1S/C11H9NO.C10H10N2O.H2O/c1-2-9-7-6-8-4-3-5-10(13)11(8)12-9;11-6-8-5-4-7-2-1-3-9(13)10(7)12-8;/h2-7,13H,1H2;1-5,13H,6,11H2;1H2. The maximum absolute atomic E-state index is 9.49. The Morgan fingerprint density at radius 1 is 0.815 bits per heavy atom. The zero-order valence-electron chi connectivity index (χ0n) is 14.6. The van der Waals surface area contributed by atoms with Gasteiger partial charge in [0.05, 0.1) is 11.4 Å². The maximum atomic E-state index is 9.49. The van der Waals surface area contributed by atoms with E-state index in [1.807, 2.05) is 36.4 Å². The summed E-state index contributed by atoms with van der Waals surface area (Å²) in [5.41, 5.74) is 8.25. The molecule has 2 aromatic carbocycles. The number of para-hydroxylation sites is 2. The molecule has 2 heterocycles. The molecule has 0 saturated heterocycles. The third-order valence-electron chi connectivity index (χ3n) is 3.90. The fourth-order valence-electron chi connectivity index (χ4n) is 2.55. The van der Waals surface area contributed by atoms with Crippen molar-refractivity contribution >= 4 is 27.9 Å². The van der Waals surface area contributed by atoms with Crippen LogP contribution in [-0.4, -0.2) is 25.7 Å². The van der Waals surface area contributed by atoms with Crippen LogP contribution in [0.25, 0.3) is 27.9 Å². The highest BCUT2D eigenvalue weighted by Gasteiger charge is 2.01. The topological polar surface area (TPSA) is 124 Å². The molecule has 0 fully saturated rings. The quantitative estimate of drug-likeness (QED) is 0.505. The first-order valence-corrected chi connectivity index (χ1v) is 8.11. The predicted molar refractivity (Wildman–Crippen MR) is 108 cm³/mol. The van der Waals surface area contributed by atoms with Crippen molar-refractivity contribution in [3.05, 3.63) is 78.6 Å². The average Bonchev–Trinajstić information content (AvgIpc) is 2.69. The van der Waals surface area contributed by atoms with Crippen LogP contribution in [0.5, 0.6) is 11.5 Å². The lowest BCUT2D eigenvalue weighted by molar-refractivity contribution is 0.480. The molecular formula is C21H21N3O3. The van der Waals surface area contributed by atoms with E-state index < -0.39 is 0 Å². The molecule has 0 aliphatic carbocycles. The summed E-state index contributed by atoms with van der Waals surface area (Å²) in [5.74, 6) is 0.411. The average molecular weight is 363 g/mol. The molecule has 0 amide bonds. The van der Waals surface area contributed by atoms with Gasteiger partial charge < -0.3 is 21.4 Å². The van der Waals surface area contributed by atoms with Gasteiger partial charge in [-0.1, -0.05) is 43.0 Å². The van der Waals surface area contributed by atoms with Crippen molar-refractivity contribution in [1.82, 2.24) is 9.97 Å². The van der Waals surface area contributed by atoms with Gasteiger partial charge in [-0.3, -0.25) is 0 Å². The second-order valence-electron chi connectivity index (χ2n) is 5.64. The molecule has 0 atom stereocenters. The molecule has 4 rings (SSSR count). The lowest BCUT2D eigenvalue weighted by Gasteiger charge is -2.01. The molecule has 138 valence electrons. The van der Waals surface area contributed by atoms with Crippen LogP contribution in [0.3, 0.4) is 0 Å². The Hall–Kier alpha value is -3.48. The van der Waals surface area contributed by atoms with Crippen LogP contribution in [0.2, 0.25) is 0 Å². The van der Waals surface area contributed by atoms with Gasteiger partial charge in [0.25, 0.3) is 0 Å². The number of aromatic hydroxyl groups is 2. The number of benzene rings is 2. The molecule has 2 aromatic heterocycles. The second kappa shape index (κ2) is 8.75.